The van der Waals surface area contributed by atoms with E-state index in [4.69, 9.17) is 4.74 Å². The topological polar surface area (TPSA) is 69.0 Å². The van der Waals surface area contributed by atoms with Crippen molar-refractivity contribution in [1.82, 2.24) is 20.1 Å². The van der Waals surface area contributed by atoms with Crippen LogP contribution < -0.4 is 5.32 Å². The van der Waals surface area contributed by atoms with Gasteiger partial charge in [-0.25, -0.2) is 4.39 Å². The molecule has 0 saturated heterocycles. The van der Waals surface area contributed by atoms with Crippen LogP contribution in [-0.2, 0) is 16.1 Å². The third-order valence-electron chi connectivity index (χ3n) is 4.16. The van der Waals surface area contributed by atoms with Crippen LogP contribution in [0.5, 0.6) is 0 Å². The van der Waals surface area contributed by atoms with Crippen molar-refractivity contribution in [3.8, 4) is 11.4 Å². The quantitative estimate of drug-likeness (QED) is 0.544. The number of carbonyl (C=O) groups is 1. The average Bonchev–Trinajstić information content (AvgIpc) is 3.10. The Balaban J connectivity index is 1.81. The summed E-state index contributed by atoms with van der Waals surface area (Å²) in [5, 5.41) is 12.1. The molecule has 0 fully saturated rings. The van der Waals surface area contributed by atoms with E-state index in [1.807, 2.05) is 41.8 Å². The van der Waals surface area contributed by atoms with E-state index in [1.54, 1.807) is 19.2 Å². The minimum absolute atomic E-state index is 0.0648. The lowest BCUT2D eigenvalue weighted by molar-refractivity contribution is -0.119. The summed E-state index contributed by atoms with van der Waals surface area (Å²) in [5.41, 5.74) is 1.84. The Labute approximate surface area is 173 Å². The zero-order valence-corrected chi connectivity index (χ0v) is 17.2. The molecule has 6 nitrogen and oxygen atoms in total. The highest BCUT2D eigenvalue weighted by Gasteiger charge is 2.17. The van der Waals surface area contributed by atoms with Crippen molar-refractivity contribution >= 4 is 17.7 Å². The Kier molecular flexibility index (Phi) is 7.37. The number of carbonyl (C=O) groups excluding carboxylic acids is 1. The van der Waals surface area contributed by atoms with Crippen LogP contribution in [0.1, 0.15) is 12.5 Å². The van der Waals surface area contributed by atoms with Crippen molar-refractivity contribution < 1.29 is 13.9 Å². The van der Waals surface area contributed by atoms with Crippen molar-refractivity contribution in [1.29, 1.82) is 0 Å². The molecule has 8 heteroatoms. The number of rotatable bonds is 9. The predicted molar refractivity (Wildman–Crippen MR) is 111 cm³/mol. The first-order chi connectivity index (χ1) is 14.1. The van der Waals surface area contributed by atoms with Crippen molar-refractivity contribution in [2.45, 2.75) is 24.7 Å². The van der Waals surface area contributed by atoms with Crippen molar-refractivity contribution in [3.63, 3.8) is 0 Å². The summed E-state index contributed by atoms with van der Waals surface area (Å²) < 4.78 is 20.3. The molecule has 0 aliphatic heterocycles. The first-order valence-electron chi connectivity index (χ1n) is 9.21. The lowest BCUT2D eigenvalue weighted by atomic mass is 10.2. The van der Waals surface area contributed by atoms with Gasteiger partial charge in [0.2, 0.25) is 5.91 Å². The summed E-state index contributed by atoms with van der Waals surface area (Å²) >= 11 is 1.32. The number of halogens is 1. The normalized spacial score (nSPS) is 12.0. The molecule has 1 atom stereocenters. The SMILES string of the molecule is COCC(C)NC(=O)CSc1nnc(-c2ccc(F)cc2)n1Cc1ccccc1. The Hall–Kier alpha value is -2.71. The molecule has 0 radical (unpaired) electrons. The van der Waals surface area contributed by atoms with Gasteiger partial charge in [0.1, 0.15) is 5.82 Å². The summed E-state index contributed by atoms with van der Waals surface area (Å²) in [6, 6.07) is 16.0. The van der Waals surface area contributed by atoms with Crippen LogP contribution in [0.4, 0.5) is 4.39 Å². The second-order valence-corrected chi connectivity index (χ2v) is 7.54. The van der Waals surface area contributed by atoms with Crippen LogP contribution >= 0.6 is 11.8 Å². The fourth-order valence-corrected chi connectivity index (χ4v) is 3.60. The molecular formula is C21H23FN4O2S. The second-order valence-electron chi connectivity index (χ2n) is 6.60. The number of thioether (sulfide) groups is 1. The van der Waals surface area contributed by atoms with Gasteiger partial charge >= 0.3 is 0 Å². The fraction of sp³-hybridized carbons (Fsp3) is 0.286. The smallest absolute Gasteiger partial charge is 0.230 e. The van der Waals surface area contributed by atoms with E-state index in [0.717, 1.165) is 11.1 Å². The zero-order chi connectivity index (χ0) is 20.6. The highest BCUT2D eigenvalue weighted by atomic mass is 32.2. The number of nitrogens with one attached hydrogen (secondary N) is 1. The van der Waals surface area contributed by atoms with Gasteiger partial charge in [-0.3, -0.25) is 9.36 Å². The molecule has 1 N–H and O–H groups in total. The molecule has 1 unspecified atom stereocenters. The third kappa shape index (κ3) is 5.88. The van der Waals surface area contributed by atoms with E-state index >= 15 is 0 Å². The van der Waals surface area contributed by atoms with Crippen LogP contribution in [0.3, 0.4) is 0 Å². The van der Waals surface area contributed by atoms with Gasteiger partial charge in [-0.2, -0.15) is 0 Å². The molecule has 29 heavy (non-hydrogen) atoms. The lowest BCUT2D eigenvalue weighted by Gasteiger charge is -2.13. The molecule has 3 aromatic rings. The maximum atomic E-state index is 13.3. The van der Waals surface area contributed by atoms with Gasteiger partial charge in [-0.05, 0) is 36.8 Å². The summed E-state index contributed by atoms with van der Waals surface area (Å²) in [6.45, 7) is 2.89. The Bertz CT molecular complexity index is 932. The van der Waals surface area contributed by atoms with Crippen LogP contribution in [-0.4, -0.2) is 46.2 Å². The van der Waals surface area contributed by atoms with Crippen LogP contribution in [0.25, 0.3) is 11.4 Å². The second kappa shape index (κ2) is 10.2. The van der Waals surface area contributed by atoms with Crippen LogP contribution in [0, 0.1) is 5.82 Å². The molecule has 0 aliphatic rings. The molecule has 0 spiro atoms. The van der Waals surface area contributed by atoms with Crippen LogP contribution in [0.15, 0.2) is 59.8 Å². The molecule has 152 valence electrons. The molecule has 1 heterocycles. The third-order valence-corrected chi connectivity index (χ3v) is 5.13. The van der Waals surface area contributed by atoms with Gasteiger partial charge in [-0.15, -0.1) is 10.2 Å². The Morgan fingerprint density at radius 3 is 2.59 bits per heavy atom. The maximum absolute atomic E-state index is 13.3. The molecular weight excluding hydrogens is 391 g/mol. The lowest BCUT2D eigenvalue weighted by Crippen LogP contribution is -2.36. The fourth-order valence-electron chi connectivity index (χ4n) is 2.85. The Morgan fingerprint density at radius 1 is 1.17 bits per heavy atom. The number of aromatic nitrogens is 3. The minimum Gasteiger partial charge on any atom is -0.383 e. The van der Waals surface area contributed by atoms with Crippen molar-refractivity contribution in [2.24, 2.45) is 0 Å². The summed E-state index contributed by atoms with van der Waals surface area (Å²) in [6.07, 6.45) is 0. The first kappa shape index (κ1) is 21.0. The zero-order valence-electron chi connectivity index (χ0n) is 16.3. The highest BCUT2D eigenvalue weighted by molar-refractivity contribution is 7.99. The maximum Gasteiger partial charge on any atom is 0.230 e. The summed E-state index contributed by atoms with van der Waals surface area (Å²) in [4.78, 5) is 12.2. The molecule has 0 bridgehead atoms. The number of ether oxygens (including phenoxy) is 1. The van der Waals surface area contributed by atoms with Gasteiger partial charge in [0.05, 0.1) is 18.9 Å². The molecule has 1 aromatic heterocycles. The monoisotopic (exact) mass is 414 g/mol. The van der Waals surface area contributed by atoms with E-state index in [-0.39, 0.29) is 23.5 Å². The van der Waals surface area contributed by atoms with E-state index < -0.39 is 0 Å². The number of hydrogen-bond acceptors (Lipinski definition) is 5. The van der Waals surface area contributed by atoms with Crippen molar-refractivity contribution in [2.75, 3.05) is 19.5 Å². The minimum atomic E-state index is -0.306. The molecule has 2 aromatic carbocycles. The highest BCUT2D eigenvalue weighted by Crippen LogP contribution is 2.25. The van der Waals surface area contributed by atoms with E-state index in [1.165, 1.54) is 23.9 Å². The predicted octanol–water partition coefficient (Wildman–Crippen LogP) is 3.38. The molecule has 0 aliphatic carbocycles. The van der Waals surface area contributed by atoms with E-state index in [0.29, 0.717) is 24.1 Å². The van der Waals surface area contributed by atoms with Crippen molar-refractivity contribution in [3.05, 3.63) is 66.0 Å². The largest absolute Gasteiger partial charge is 0.383 e. The number of nitrogens with zero attached hydrogens (tertiary/aromatic N) is 3. The average molecular weight is 415 g/mol. The first-order valence-corrected chi connectivity index (χ1v) is 10.2. The number of amides is 1. The van der Waals surface area contributed by atoms with Gasteiger partial charge in [0, 0.05) is 18.7 Å². The van der Waals surface area contributed by atoms with E-state index in [2.05, 4.69) is 15.5 Å². The number of hydrogen-bond donors (Lipinski definition) is 1. The molecule has 1 amide bonds. The molecule has 3 rings (SSSR count). The van der Waals surface area contributed by atoms with Gasteiger partial charge in [-0.1, -0.05) is 42.1 Å². The van der Waals surface area contributed by atoms with Crippen LogP contribution in [0.2, 0.25) is 0 Å². The van der Waals surface area contributed by atoms with Gasteiger partial charge in [0.15, 0.2) is 11.0 Å². The Morgan fingerprint density at radius 2 is 1.90 bits per heavy atom. The standard InChI is InChI=1S/C21H23FN4O2S/c1-15(13-28-2)23-19(27)14-29-21-25-24-20(17-8-10-18(22)11-9-17)26(21)12-16-6-4-3-5-7-16/h3-11,15H,12-14H2,1-2H3,(H,23,27). The number of benzene rings is 2. The van der Waals surface area contributed by atoms with E-state index in [9.17, 15) is 9.18 Å². The van der Waals surface area contributed by atoms with Gasteiger partial charge < -0.3 is 10.1 Å². The molecule has 0 saturated carbocycles. The number of methoxy groups -OCH3 is 1. The summed E-state index contributed by atoms with van der Waals surface area (Å²) in [7, 11) is 1.60. The van der Waals surface area contributed by atoms with Gasteiger partial charge in [0.25, 0.3) is 0 Å². The summed E-state index contributed by atoms with van der Waals surface area (Å²) in [5.74, 6) is 0.436.